The van der Waals surface area contributed by atoms with Crippen molar-refractivity contribution in [3.8, 4) is 0 Å². The molecule has 0 aliphatic rings. The van der Waals surface area contributed by atoms with Gasteiger partial charge in [0, 0.05) is 11.5 Å². The molecule has 2 aromatic carbocycles. The fraction of sp³-hybridized carbons (Fsp3) is 0.118. The number of nitrogens with one attached hydrogen (secondary N) is 1. The molecule has 7 nitrogen and oxygen atoms in total. The van der Waals surface area contributed by atoms with Crippen LogP contribution in [0, 0.1) is 17.0 Å². The molecule has 1 aromatic heterocycles. The number of nitro benzene ring substituents is 1. The van der Waals surface area contributed by atoms with E-state index in [4.69, 9.17) is 0 Å². The molecular formula is C17H14N4O3S. The van der Waals surface area contributed by atoms with Crippen molar-refractivity contribution in [2.24, 2.45) is 0 Å². The van der Waals surface area contributed by atoms with E-state index in [2.05, 4.69) is 15.3 Å². The number of hydrogen-bond acceptors (Lipinski definition) is 6. The zero-order chi connectivity index (χ0) is 17.8. The Bertz CT molecular complexity index is 956. The summed E-state index contributed by atoms with van der Waals surface area (Å²) in [6, 6.07) is 12.2. The Kier molecular flexibility index (Phi) is 4.90. The molecule has 0 fully saturated rings. The van der Waals surface area contributed by atoms with E-state index in [1.54, 1.807) is 13.0 Å². The molecule has 8 heteroatoms. The Morgan fingerprint density at radius 3 is 2.84 bits per heavy atom. The minimum Gasteiger partial charge on any atom is -0.320 e. The van der Waals surface area contributed by atoms with Gasteiger partial charge in [-0.1, -0.05) is 36.0 Å². The highest BCUT2D eigenvalue weighted by atomic mass is 32.2. The summed E-state index contributed by atoms with van der Waals surface area (Å²) in [7, 11) is 0. The van der Waals surface area contributed by atoms with Gasteiger partial charge < -0.3 is 5.32 Å². The average molecular weight is 354 g/mol. The van der Waals surface area contributed by atoms with Crippen LogP contribution >= 0.6 is 11.8 Å². The number of fused-ring (bicyclic) bond motifs is 1. The molecule has 3 rings (SSSR count). The average Bonchev–Trinajstić information content (AvgIpc) is 2.61. The summed E-state index contributed by atoms with van der Waals surface area (Å²) >= 11 is 1.26. The highest BCUT2D eigenvalue weighted by Crippen LogP contribution is 2.27. The van der Waals surface area contributed by atoms with Crippen LogP contribution < -0.4 is 5.32 Å². The quantitative estimate of drug-likeness (QED) is 0.325. The number of anilines is 1. The SMILES string of the molecule is Cc1ccc(NC(=O)CSc2ncnc3ccccc23)c([N+](=O)[O-])c1. The molecule has 0 saturated heterocycles. The van der Waals surface area contributed by atoms with Crippen LogP contribution in [0.1, 0.15) is 5.56 Å². The largest absolute Gasteiger partial charge is 0.320 e. The summed E-state index contributed by atoms with van der Waals surface area (Å²) in [5.41, 5.74) is 1.63. The lowest BCUT2D eigenvalue weighted by Gasteiger charge is -2.07. The van der Waals surface area contributed by atoms with Gasteiger partial charge in [0.1, 0.15) is 17.0 Å². The van der Waals surface area contributed by atoms with Crippen molar-refractivity contribution in [2.45, 2.75) is 11.9 Å². The van der Waals surface area contributed by atoms with Gasteiger partial charge in [-0.25, -0.2) is 9.97 Å². The number of aromatic nitrogens is 2. The number of carbonyl (C=O) groups excluding carboxylic acids is 1. The van der Waals surface area contributed by atoms with Gasteiger partial charge in [-0.15, -0.1) is 0 Å². The molecule has 0 aliphatic heterocycles. The number of benzene rings is 2. The third-order valence-corrected chi connectivity index (χ3v) is 4.48. The van der Waals surface area contributed by atoms with Gasteiger partial charge in [-0.2, -0.15) is 0 Å². The number of nitrogens with zero attached hydrogens (tertiary/aromatic N) is 3. The lowest BCUT2D eigenvalue weighted by Crippen LogP contribution is -2.15. The third kappa shape index (κ3) is 3.92. The second-order valence-corrected chi connectivity index (χ2v) is 6.27. The monoisotopic (exact) mass is 354 g/mol. The van der Waals surface area contributed by atoms with Crippen LogP contribution in [0.2, 0.25) is 0 Å². The molecule has 1 heterocycles. The Labute approximate surface area is 147 Å². The van der Waals surface area contributed by atoms with Gasteiger partial charge >= 0.3 is 0 Å². The van der Waals surface area contributed by atoms with Gasteiger partial charge in [0.15, 0.2) is 0 Å². The molecule has 3 aromatic rings. The van der Waals surface area contributed by atoms with Crippen molar-refractivity contribution in [1.82, 2.24) is 9.97 Å². The summed E-state index contributed by atoms with van der Waals surface area (Å²) < 4.78 is 0. The van der Waals surface area contributed by atoms with Crippen LogP contribution in [0.25, 0.3) is 10.9 Å². The minimum absolute atomic E-state index is 0.0893. The summed E-state index contributed by atoms with van der Waals surface area (Å²) in [4.78, 5) is 31.2. The predicted molar refractivity (Wildman–Crippen MR) is 96.7 cm³/mol. The standard InChI is InChI=1S/C17H14N4O3S/c1-11-6-7-14(15(8-11)21(23)24)20-16(22)9-25-17-12-4-2-3-5-13(12)18-10-19-17/h2-8,10H,9H2,1H3,(H,20,22). The number of thioether (sulfide) groups is 1. The molecule has 0 aliphatic carbocycles. The Hall–Kier alpha value is -3.00. The first kappa shape index (κ1) is 16.8. The molecule has 1 N–H and O–H groups in total. The van der Waals surface area contributed by atoms with Crippen molar-refractivity contribution in [1.29, 1.82) is 0 Å². The van der Waals surface area contributed by atoms with E-state index in [9.17, 15) is 14.9 Å². The zero-order valence-electron chi connectivity index (χ0n) is 13.3. The first-order valence-electron chi connectivity index (χ1n) is 7.42. The number of rotatable bonds is 5. The molecule has 0 bridgehead atoms. The van der Waals surface area contributed by atoms with Crippen LogP contribution in [-0.4, -0.2) is 26.6 Å². The van der Waals surface area contributed by atoms with Gasteiger partial charge in [-0.3, -0.25) is 14.9 Å². The topological polar surface area (TPSA) is 98.0 Å². The summed E-state index contributed by atoms with van der Waals surface area (Å²) in [5.74, 6) is -0.244. The van der Waals surface area contributed by atoms with E-state index in [1.165, 1.54) is 30.2 Å². The molecule has 126 valence electrons. The Balaban J connectivity index is 1.72. The molecule has 0 spiro atoms. The van der Waals surface area contributed by atoms with Crippen molar-refractivity contribution < 1.29 is 9.72 Å². The summed E-state index contributed by atoms with van der Waals surface area (Å²) in [6.45, 7) is 1.76. The van der Waals surface area contributed by atoms with Crippen LogP contribution in [0.5, 0.6) is 0 Å². The summed E-state index contributed by atoms with van der Waals surface area (Å²) in [5, 5.41) is 15.3. The fourth-order valence-corrected chi connectivity index (χ4v) is 3.10. The molecule has 0 unspecified atom stereocenters. The van der Waals surface area contributed by atoms with Gasteiger partial charge in [0.2, 0.25) is 5.91 Å². The maximum atomic E-state index is 12.2. The van der Waals surface area contributed by atoms with Gasteiger partial charge in [0.05, 0.1) is 16.2 Å². The lowest BCUT2D eigenvalue weighted by atomic mass is 10.2. The highest BCUT2D eigenvalue weighted by molar-refractivity contribution is 8.00. The number of aryl methyl sites for hydroxylation is 1. The normalized spacial score (nSPS) is 10.6. The number of hydrogen-bond donors (Lipinski definition) is 1. The van der Waals surface area contributed by atoms with Crippen molar-refractivity contribution in [2.75, 3.05) is 11.1 Å². The molecule has 25 heavy (non-hydrogen) atoms. The Morgan fingerprint density at radius 1 is 1.24 bits per heavy atom. The zero-order valence-corrected chi connectivity index (χ0v) is 14.1. The lowest BCUT2D eigenvalue weighted by molar-refractivity contribution is -0.384. The van der Waals surface area contributed by atoms with Crippen molar-refractivity contribution in [3.05, 3.63) is 64.5 Å². The van der Waals surface area contributed by atoms with Crippen LogP contribution in [-0.2, 0) is 4.79 Å². The number of carbonyl (C=O) groups is 1. The van der Waals surface area contributed by atoms with Crippen molar-refractivity contribution in [3.63, 3.8) is 0 Å². The number of para-hydroxylation sites is 1. The van der Waals surface area contributed by atoms with Gasteiger partial charge in [-0.05, 0) is 24.6 Å². The van der Waals surface area contributed by atoms with Crippen molar-refractivity contribution >= 4 is 39.9 Å². The maximum Gasteiger partial charge on any atom is 0.293 e. The second-order valence-electron chi connectivity index (χ2n) is 5.31. The Morgan fingerprint density at radius 2 is 2.04 bits per heavy atom. The van der Waals surface area contributed by atoms with Crippen LogP contribution in [0.3, 0.4) is 0 Å². The first-order valence-corrected chi connectivity index (χ1v) is 8.40. The van der Waals surface area contributed by atoms with E-state index in [1.807, 2.05) is 24.3 Å². The first-order chi connectivity index (χ1) is 12.0. The summed E-state index contributed by atoms with van der Waals surface area (Å²) in [6.07, 6.45) is 1.45. The molecular weight excluding hydrogens is 340 g/mol. The van der Waals surface area contributed by atoms with E-state index in [0.29, 0.717) is 5.03 Å². The number of nitro groups is 1. The molecule has 0 saturated carbocycles. The molecule has 1 amide bonds. The van der Waals surface area contributed by atoms with E-state index in [-0.39, 0.29) is 23.0 Å². The smallest absolute Gasteiger partial charge is 0.293 e. The highest BCUT2D eigenvalue weighted by Gasteiger charge is 2.16. The fourth-order valence-electron chi connectivity index (χ4n) is 2.31. The van der Waals surface area contributed by atoms with Gasteiger partial charge in [0.25, 0.3) is 5.69 Å². The van der Waals surface area contributed by atoms with Crippen LogP contribution in [0.15, 0.2) is 53.8 Å². The van der Waals surface area contributed by atoms with E-state index >= 15 is 0 Å². The molecule has 0 radical (unpaired) electrons. The minimum atomic E-state index is -0.506. The third-order valence-electron chi connectivity index (χ3n) is 3.47. The number of amides is 1. The molecule has 0 atom stereocenters. The van der Waals surface area contributed by atoms with E-state index < -0.39 is 4.92 Å². The maximum absolute atomic E-state index is 12.2. The second kappa shape index (κ2) is 7.27. The van der Waals surface area contributed by atoms with Crippen LogP contribution in [0.4, 0.5) is 11.4 Å². The predicted octanol–water partition coefficient (Wildman–Crippen LogP) is 3.58. The van der Waals surface area contributed by atoms with E-state index in [0.717, 1.165) is 16.5 Å².